The van der Waals surface area contributed by atoms with Gasteiger partial charge < -0.3 is 18.6 Å². The molecule has 3 aromatic rings. The summed E-state index contributed by atoms with van der Waals surface area (Å²) >= 11 is 1.20. The van der Waals surface area contributed by atoms with Gasteiger partial charge in [-0.15, -0.1) is 0 Å². The van der Waals surface area contributed by atoms with Gasteiger partial charge in [-0.05, 0) is 49.6 Å². The lowest BCUT2D eigenvalue weighted by Gasteiger charge is -2.25. The molecule has 1 aromatic carbocycles. The first kappa shape index (κ1) is 26.2. The van der Waals surface area contributed by atoms with Crippen LogP contribution in [0.1, 0.15) is 50.8 Å². The summed E-state index contributed by atoms with van der Waals surface area (Å²) in [5.74, 6) is 0.848. The Balaban J connectivity index is 1.92. The van der Waals surface area contributed by atoms with E-state index in [0.29, 0.717) is 26.4 Å². The zero-order chi connectivity index (χ0) is 26.9. The molecule has 1 aliphatic rings. The Morgan fingerprint density at radius 3 is 2.57 bits per heavy atom. The van der Waals surface area contributed by atoms with E-state index >= 15 is 0 Å². The lowest BCUT2D eigenvalue weighted by atomic mass is 9.95. The second-order valence-corrected chi connectivity index (χ2v) is 10.0. The van der Waals surface area contributed by atoms with Crippen LogP contribution in [0.2, 0.25) is 0 Å². The molecule has 4 rings (SSSR count). The van der Waals surface area contributed by atoms with Gasteiger partial charge in [-0.25, -0.2) is 9.79 Å². The van der Waals surface area contributed by atoms with Crippen LogP contribution in [-0.2, 0) is 14.3 Å². The van der Waals surface area contributed by atoms with Crippen molar-refractivity contribution in [1.29, 1.82) is 0 Å². The van der Waals surface area contributed by atoms with E-state index in [-0.39, 0.29) is 35.2 Å². The number of carbonyl (C=O) groups excluding carboxylic acids is 2. The lowest BCUT2D eigenvalue weighted by Crippen LogP contribution is -2.40. The molecule has 1 unspecified atom stereocenters. The molecule has 0 bridgehead atoms. The molecule has 0 fully saturated rings. The number of hydrogen-bond donors (Lipinski definition) is 0. The Morgan fingerprint density at radius 2 is 1.95 bits per heavy atom. The number of allylic oxidation sites excluding steroid dienone is 1. The fraction of sp³-hybridized carbons (Fsp3) is 0.333. The fourth-order valence-corrected chi connectivity index (χ4v) is 5.00. The van der Waals surface area contributed by atoms with Gasteiger partial charge in [-0.2, -0.15) is 0 Å². The Labute approximate surface area is 217 Å². The summed E-state index contributed by atoms with van der Waals surface area (Å²) in [6.45, 7) is 8.94. The van der Waals surface area contributed by atoms with Crippen molar-refractivity contribution in [3.8, 4) is 11.5 Å². The molecule has 9 nitrogen and oxygen atoms in total. The topological polar surface area (TPSA) is 109 Å². The third kappa shape index (κ3) is 5.43. The van der Waals surface area contributed by atoms with E-state index in [1.54, 1.807) is 37.3 Å². The molecule has 0 radical (unpaired) electrons. The maximum absolute atomic E-state index is 13.7. The van der Waals surface area contributed by atoms with Crippen LogP contribution in [0.3, 0.4) is 0 Å². The number of aryl methyl sites for hydroxylation is 1. The summed E-state index contributed by atoms with van der Waals surface area (Å²) < 4.78 is 23.8. The number of hydrogen-bond acceptors (Lipinski definition) is 9. The van der Waals surface area contributed by atoms with Gasteiger partial charge in [-0.1, -0.05) is 31.3 Å². The minimum atomic E-state index is -0.836. The van der Waals surface area contributed by atoms with Gasteiger partial charge in [0.2, 0.25) is 0 Å². The highest BCUT2D eigenvalue weighted by Crippen LogP contribution is 2.36. The predicted molar refractivity (Wildman–Crippen MR) is 137 cm³/mol. The maximum atomic E-state index is 13.7. The summed E-state index contributed by atoms with van der Waals surface area (Å²) in [6, 6.07) is 7.66. The number of furan rings is 1. The average molecular weight is 525 g/mol. The van der Waals surface area contributed by atoms with E-state index < -0.39 is 18.0 Å². The van der Waals surface area contributed by atoms with Crippen LogP contribution in [0, 0.1) is 12.8 Å². The van der Waals surface area contributed by atoms with Gasteiger partial charge in [-0.3, -0.25) is 14.2 Å². The normalized spacial score (nSPS) is 15.4. The van der Waals surface area contributed by atoms with Gasteiger partial charge in [0.1, 0.15) is 11.5 Å². The number of fused-ring (bicyclic) bond motifs is 1. The highest BCUT2D eigenvalue weighted by Gasteiger charge is 2.34. The summed E-state index contributed by atoms with van der Waals surface area (Å²) in [5, 5.41) is 0. The Hall–Kier alpha value is -3.92. The van der Waals surface area contributed by atoms with Gasteiger partial charge in [0, 0.05) is 13.0 Å². The number of nitrogens with zero attached hydrogens (tertiary/aromatic N) is 2. The summed E-state index contributed by atoms with van der Waals surface area (Å²) in [5.41, 5.74) is 0.937. The van der Waals surface area contributed by atoms with Crippen molar-refractivity contribution < 1.29 is 28.2 Å². The molecule has 3 heterocycles. The van der Waals surface area contributed by atoms with Crippen molar-refractivity contribution >= 4 is 29.4 Å². The van der Waals surface area contributed by atoms with Crippen LogP contribution < -0.4 is 24.4 Å². The molecular weight excluding hydrogens is 496 g/mol. The molecule has 194 valence electrons. The van der Waals surface area contributed by atoms with E-state index in [1.807, 2.05) is 26.8 Å². The van der Waals surface area contributed by atoms with Crippen LogP contribution in [0.25, 0.3) is 6.08 Å². The first-order valence-corrected chi connectivity index (χ1v) is 12.5. The SMILES string of the molecule is COc1cc(C2C(C(=O)OCC(C)C)=C(C)N=c3s/c(=C/c4ccc(C)o4)c(=O)n32)ccc1OC(C)=O. The van der Waals surface area contributed by atoms with Crippen molar-refractivity contribution in [2.75, 3.05) is 13.7 Å². The number of methoxy groups -OCH3 is 1. The Bertz CT molecular complexity index is 1570. The van der Waals surface area contributed by atoms with Crippen LogP contribution in [0.4, 0.5) is 0 Å². The number of benzene rings is 1. The summed E-state index contributed by atoms with van der Waals surface area (Å²) in [4.78, 5) is 43.5. The van der Waals surface area contributed by atoms with Crippen LogP contribution in [-0.4, -0.2) is 30.2 Å². The molecule has 0 saturated carbocycles. The van der Waals surface area contributed by atoms with Crippen LogP contribution in [0.15, 0.2) is 55.8 Å². The van der Waals surface area contributed by atoms with Crippen molar-refractivity contribution in [2.24, 2.45) is 10.9 Å². The van der Waals surface area contributed by atoms with Gasteiger partial charge in [0.15, 0.2) is 16.3 Å². The third-order valence-electron chi connectivity index (χ3n) is 5.58. The number of carbonyl (C=O) groups is 2. The summed E-state index contributed by atoms with van der Waals surface area (Å²) in [6.07, 6.45) is 1.66. The van der Waals surface area contributed by atoms with Crippen LogP contribution >= 0.6 is 11.3 Å². The lowest BCUT2D eigenvalue weighted by molar-refractivity contribution is -0.140. The largest absolute Gasteiger partial charge is 0.493 e. The highest BCUT2D eigenvalue weighted by molar-refractivity contribution is 7.07. The van der Waals surface area contributed by atoms with E-state index in [1.165, 1.54) is 29.9 Å². The molecule has 37 heavy (non-hydrogen) atoms. The van der Waals surface area contributed by atoms with Crippen molar-refractivity contribution in [3.05, 3.63) is 78.4 Å². The fourth-order valence-electron chi connectivity index (χ4n) is 3.97. The predicted octanol–water partition coefficient (Wildman–Crippen LogP) is 3.27. The van der Waals surface area contributed by atoms with Gasteiger partial charge >= 0.3 is 11.9 Å². The number of esters is 2. The second-order valence-electron chi connectivity index (χ2n) is 9.03. The first-order valence-electron chi connectivity index (χ1n) is 11.7. The van der Waals surface area contributed by atoms with Crippen molar-refractivity contribution in [3.63, 3.8) is 0 Å². The second kappa shape index (κ2) is 10.6. The minimum absolute atomic E-state index is 0.129. The average Bonchev–Trinajstić information content (AvgIpc) is 3.38. The highest BCUT2D eigenvalue weighted by atomic mass is 32.1. The minimum Gasteiger partial charge on any atom is -0.493 e. The smallest absolute Gasteiger partial charge is 0.338 e. The third-order valence-corrected chi connectivity index (χ3v) is 6.56. The number of rotatable bonds is 7. The van der Waals surface area contributed by atoms with Crippen LogP contribution in [0.5, 0.6) is 11.5 Å². The van der Waals surface area contributed by atoms with E-state index in [2.05, 4.69) is 4.99 Å². The summed E-state index contributed by atoms with van der Waals surface area (Å²) in [7, 11) is 1.45. The first-order chi connectivity index (χ1) is 17.6. The van der Waals surface area contributed by atoms with Gasteiger partial charge in [0.05, 0.1) is 35.6 Å². The molecule has 2 aromatic heterocycles. The molecule has 0 amide bonds. The monoisotopic (exact) mass is 524 g/mol. The standard InChI is InChI=1S/C27H28N2O7S/c1-14(2)13-34-26(32)23-16(4)28-27-29(25(31)22(37-27)12-19-9-7-15(3)35-19)24(23)18-8-10-20(36-17(5)30)21(11-18)33-6/h7-12,14,24H,13H2,1-6H3/b22-12+. The molecule has 10 heteroatoms. The Kier molecular flexibility index (Phi) is 7.49. The maximum Gasteiger partial charge on any atom is 0.338 e. The molecule has 0 saturated heterocycles. The number of aromatic nitrogens is 1. The molecule has 0 spiro atoms. The number of thiazole rings is 1. The molecule has 0 aliphatic carbocycles. The molecule has 0 N–H and O–H groups in total. The number of ether oxygens (including phenoxy) is 3. The van der Waals surface area contributed by atoms with Crippen molar-refractivity contribution in [1.82, 2.24) is 4.57 Å². The molecule has 1 atom stereocenters. The molecular formula is C27H28N2O7S. The molecule has 1 aliphatic heterocycles. The van der Waals surface area contributed by atoms with Crippen molar-refractivity contribution in [2.45, 2.75) is 40.7 Å². The zero-order valence-electron chi connectivity index (χ0n) is 21.5. The quantitative estimate of drug-likeness (QED) is 0.345. The zero-order valence-corrected chi connectivity index (χ0v) is 22.3. The van der Waals surface area contributed by atoms with E-state index in [4.69, 9.17) is 18.6 Å². The van der Waals surface area contributed by atoms with Gasteiger partial charge in [0.25, 0.3) is 5.56 Å². The van der Waals surface area contributed by atoms with E-state index in [9.17, 15) is 14.4 Å². The Morgan fingerprint density at radius 1 is 1.19 bits per heavy atom. The van der Waals surface area contributed by atoms with E-state index in [0.717, 1.165) is 5.76 Å².